The lowest BCUT2D eigenvalue weighted by Crippen LogP contribution is -2.35. The van der Waals surface area contributed by atoms with E-state index in [4.69, 9.17) is 4.74 Å². The maximum atomic E-state index is 11.6. The van der Waals surface area contributed by atoms with Crippen molar-refractivity contribution in [2.45, 2.75) is 18.8 Å². The van der Waals surface area contributed by atoms with Crippen LogP contribution in [0.15, 0.2) is 36.9 Å². The number of allylic oxidation sites excluding steroid dienone is 2. The van der Waals surface area contributed by atoms with Crippen molar-refractivity contribution in [2.75, 3.05) is 7.11 Å². The predicted octanol–water partition coefficient (Wildman–Crippen LogP) is 3.37. The van der Waals surface area contributed by atoms with E-state index in [1.165, 1.54) is 0 Å². The molecule has 2 unspecified atom stereocenters. The number of benzene rings is 1. The lowest BCUT2D eigenvalue weighted by molar-refractivity contribution is -0.113. The van der Waals surface area contributed by atoms with Gasteiger partial charge in [0, 0.05) is 5.56 Å². The van der Waals surface area contributed by atoms with E-state index in [0.717, 1.165) is 29.6 Å². The third kappa shape index (κ3) is 1.78. The van der Waals surface area contributed by atoms with Crippen molar-refractivity contribution in [1.82, 2.24) is 0 Å². The van der Waals surface area contributed by atoms with Crippen LogP contribution < -0.4 is 4.74 Å². The molecule has 0 N–H and O–H groups in total. The number of hydrogen-bond donors (Lipinski definition) is 0. The molecule has 2 nitrogen and oxygen atoms in total. The lowest BCUT2D eigenvalue weighted by Gasteiger charge is -2.35. The van der Waals surface area contributed by atoms with Crippen LogP contribution in [0.2, 0.25) is 0 Å². The Morgan fingerprint density at radius 2 is 2.28 bits per heavy atom. The fraction of sp³-hybridized carbons (Fsp3) is 0.312. The molecule has 94 valence electrons. The minimum Gasteiger partial charge on any atom is -0.496 e. The number of fused-ring (bicyclic) bond motifs is 1. The first-order chi connectivity index (χ1) is 8.67. The van der Waals surface area contributed by atoms with E-state index < -0.39 is 5.41 Å². The Balaban J connectivity index is 2.60. The monoisotopic (exact) mass is 242 g/mol. The molecule has 2 rings (SSSR count). The molecule has 0 aromatic heterocycles. The zero-order chi connectivity index (χ0) is 13.2. The van der Waals surface area contributed by atoms with Gasteiger partial charge in [0.1, 0.15) is 12.0 Å². The maximum absolute atomic E-state index is 11.6. The van der Waals surface area contributed by atoms with E-state index in [2.05, 4.69) is 12.7 Å². The first kappa shape index (κ1) is 12.6. The number of aldehydes is 1. The van der Waals surface area contributed by atoms with Gasteiger partial charge in [-0.1, -0.05) is 30.4 Å². The molecule has 0 bridgehead atoms. The minimum atomic E-state index is -0.507. The third-order valence-electron chi connectivity index (χ3n) is 3.80. The predicted molar refractivity (Wildman–Crippen MR) is 73.7 cm³/mol. The molecular weight excluding hydrogens is 224 g/mol. The Bertz CT molecular complexity index is 502. The van der Waals surface area contributed by atoms with Crippen molar-refractivity contribution in [3.63, 3.8) is 0 Å². The largest absolute Gasteiger partial charge is 0.496 e. The highest BCUT2D eigenvalue weighted by molar-refractivity contribution is 5.78. The quantitative estimate of drug-likeness (QED) is 0.597. The summed E-state index contributed by atoms with van der Waals surface area (Å²) in [4.78, 5) is 11.6. The van der Waals surface area contributed by atoms with Gasteiger partial charge >= 0.3 is 0 Å². The van der Waals surface area contributed by atoms with Crippen molar-refractivity contribution in [3.05, 3.63) is 48.1 Å². The van der Waals surface area contributed by atoms with Gasteiger partial charge < -0.3 is 9.53 Å². The second-order valence-electron chi connectivity index (χ2n) is 4.81. The van der Waals surface area contributed by atoms with Crippen LogP contribution in [0.1, 0.15) is 24.5 Å². The molecule has 0 saturated carbocycles. The molecule has 2 atom stereocenters. The van der Waals surface area contributed by atoms with Gasteiger partial charge in [-0.15, -0.1) is 6.58 Å². The molecular formula is C16H18O2. The highest BCUT2D eigenvalue weighted by atomic mass is 16.5. The summed E-state index contributed by atoms with van der Waals surface area (Å²) in [5.74, 6) is 0.973. The summed E-state index contributed by atoms with van der Waals surface area (Å²) in [7, 11) is 1.65. The van der Waals surface area contributed by atoms with Crippen molar-refractivity contribution in [3.8, 4) is 5.75 Å². The van der Waals surface area contributed by atoms with Gasteiger partial charge in [0.05, 0.1) is 12.5 Å². The van der Waals surface area contributed by atoms with Crippen molar-refractivity contribution < 1.29 is 9.53 Å². The van der Waals surface area contributed by atoms with Gasteiger partial charge in [0.15, 0.2) is 0 Å². The highest BCUT2D eigenvalue weighted by Crippen LogP contribution is 2.42. The lowest BCUT2D eigenvalue weighted by atomic mass is 9.67. The second kappa shape index (κ2) is 4.81. The van der Waals surface area contributed by atoms with Crippen LogP contribution >= 0.6 is 0 Å². The Kier molecular flexibility index (Phi) is 3.37. The molecule has 0 amide bonds. The Hall–Kier alpha value is -1.83. The molecule has 2 heteroatoms. The third-order valence-corrected chi connectivity index (χ3v) is 3.80. The van der Waals surface area contributed by atoms with E-state index in [9.17, 15) is 4.79 Å². The zero-order valence-electron chi connectivity index (χ0n) is 10.8. The normalized spacial score (nSPS) is 25.3. The Morgan fingerprint density at radius 3 is 2.89 bits per heavy atom. The Morgan fingerprint density at radius 1 is 1.50 bits per heavy atom. The number of carbonyl (C=O) groups is 1. The fourth-order valence-corrected chi connectivity index (χ4v) is 2.63. The molecule has 0 heterocycles. The van der Waals surface area contributed by atoms with Crippen LogP contribution in [-0.4, -0.2) is 13.4 Å². The number of rotatable bonds is 4. The summed E-state index contributed by atoms with van der Waals surface area (Å²) < 4.78 is 5.36. The van der Waals surface area contributed by atoms with Crippen molar-refractivity contribution in [1.29, 1.82) is 0 Å². The van der Waals surface area contributed by atoms with Gasteiger partial charge in [0.25, 0.3) is 0 Å². The summed E-state index contributed by atoms with van der Waals surface area (Å²) in [6.07, 6.45) is 7.84. The molecule has 1 aliphatic rings. The fourth-order valence-electron chi connectivity index (χ4n) is 2.63. The van der Waals surface area contributed by atoms with Crippen LogP contribution in [0.3, 0.4) is 0 Å². The minimum absolute atomic E-state index is 0.159. The second-order valence-corrected chi connectivity index (χ2v) is 4.81. The molecule has 1 aromatic carbocycles. The molecule has 1 aliphatic carbocycles. The van der Waals surface area contributed by atoms with Crippen molar-refractivity contribution in [2.24, 2.45) is 5.92 Å². The van der Waals surface area contributed by atoms with E-state index in [1.807, 2.05) is 37.3 Å². The number of hydrogen-bond acceptors (Lipinski definition) is 2. The summed E-state index contributed by atoms with van der Waals surface area (Å²) >= 11 is 0. The summed E-state index contributed by atoms with van der Waals surface area (Å²) in [6, 6.07) is 5.86. The average Bonchev–Trinajstić information content (AvgIpc) is 2.41. The molecule has 0 fully saturated rings. The number of ether oxygens (including phenoxy) is 1. The van der Waals surface area contributed by atoms with Gasteiger partial charge in [0.2, 0.25) is 0 Å². The maximum Gasteiger partial charge on any atom is 0.130 e. The first-order valence-corrected chi connectivity index (χ1v) is 6.10. The van der Waals surface area contributed by atoms with E-state index >= 15 is 0 Å². The highest BCUT2D eigenvalue weighted by Gasteiger charge is 2.38. The summed E-state index contributed by atoms with van der Waals surface area (Å²) in [5.41, 5.74) is 1.54. The van der Waals surface area contributed by atoms with Crippen LogP contribution in [0.4, 0.5) is 0 Å². The average molecular weight is 242 g/mol. The first-order valence-electron chi connectivity index (χ1n) is 6.10. The summed E-state index contributed by atoms with van der Waals surface area (Å²) in [5, 5.41) is 0. The van der Waals surface area contributed by atoms with Gasteiger partial charge in [-0.05, 0) is 30.9 Å². The van der Waals surface area contributed by atoms with Crippen molar-refractivity contribution >= 4 is 12.4 Å². The van der Waals surface area contributed by atoms with Gasteiger partial charge in [-0.2, -0.15) is 0 Å². The summed E-state index contributed by atoms with van der Waals surface area (Å²) in [6.45, 7) is 5.75. The molecule has 0 saturated heterocycles. The van der Waals surface area contributed by atoms with E-state index in [1.54, 1.807) is 7.11 Å². The number of methoxy groups -OCH3 is 1. The topological polar surface area (TPSA) is 26.3 Å². The van der Waals surface area contributed by atoms with Crippen LogP contribution in [-0.2, 0) is 10.2 Å². The van der Waals surface area contributed by atoms with Gasteiger partial charge in [-0.3, -0.25) is 0 Å². The molecule has 1 aromatic rings. The molecule has 0 aliphatic heterocycles. The SMILES string of the molecule is C=CCC1C=Cc2c(OC)cccc2C1(C)C=O. The number of carbonyl (C=O) groups excluding carboxylic acids is 1. The smallest absolute Gasteiger partial charge is 0.130 e. The van der Waals surface area contributed by atoms with E-state index in [-0.39, 0.29) is 5.92 Å². The van der Waals surface area contributed by atoms with Crippen LogP contribution in [0, 0.1) is 5.92 Å². The van der Waals surface area contributed by atoms with Crippen LogP contribution in [0.25, 0.3) is 6.08 Å². The van der Waals surface area contributed by atoms with Gasteiger partial charge in [-0.25, -0.2) is 0 Å². The standard InChI is InChI=1S/C16H18O2/c1-4-6-12-9-10-13-14(16(12,2)11-17)7-5-8-15(13)18-3/h4-5,7-12H,1,6H2,2-3H3. The molecule has 0 radical (unpaired) electrons. The van der Waals surface area contributed by atoms with E-state index in [0.29, 0.717) is 0 Å². The Labute approximate surface area is 108 Å². The zero-order valence-corrected chi connectivity index (χ0v) is 10.8. The molecule has 18 heavy (non-hydrogen) atoms. The van der Waals surface area contributed by atoms with Crippen LogP contribution in [0.5, 0.6) is 5.75 Å². The molecule has 0 spiro atoms.